The first kappa shape index (κ1) is 14.4. The Hall–Kier alpha value is 0.354. The first-order valence-electron chi connectivity index (χ1n) is 5.47. The van der Waals surface area contributed by atoms with Crippen LogP contribution in [-0.2, 0) is 4.12 Å². The van der Waals surface area contributed by atoms with Crippen molar-refractivity contribution in [3.63, 3.8) is 0 Å². The van der Waals surface area contributed by atoms with Crippen molar-refractivity contribution in [3.05, 3.63) is 0 Å². The molecule has 0 bridgehead atoms. The third-order valence-corrected chi connectivity index (χ3v) is 8.18. The van der Waals surface area contributed by atoms with Gasteiger partial charge in [0.25, 0.3) is 0 Å². The molecule has 0 aromatic heterocycles. The highest BCUT2D eigenvalue weighted by Crippen LogP contribution is 2.19. The van der Waals surface area contributed by atoms with E-state index in [0.717, 1.165) is 0 Å². The molecule has 4 heteroatoms. The topological polar surface area (TPSA) is 12.5 Å². The Balaban J connectivity index is 3.84. The number of rotatable bonds is 6. The highest BCUT2D eigenvalue weighted by Gasteiger charge is 2.28. The lowest BCUT2D eigenvalue weighted by molar-refractivity contribution is 0.403. The van der Waals surface area contributed by atoms with Gasteiger partial charge in [-0.05, 0) is 65.8 Å². The Morgan fingerprint density at radius 1 is 1.00 bits per heavy atom. The summed E-state index contributed by atoms with van der Waals surface area (Å²) in [6.07, 6.45) is 1.27. The van der Waals surface area contributed by atoms with E-state index in [1.807, 2.05) is 0 Å². The molecule has 86 valence electrons. The number of nitrogens with zero attached hydrogens (tertiary/aromatic N) is 1. The summed E-state index contributed by atoms with van der Waals surface area (Å²) in [5, 5.41) is 0. The fourth-order valence-corrected chi connectivity index (χ4v) is 9.75. The largest absolute Gasteiger partial charge is 0.456 e. The standard InChI is InChI=1S/C10H27NOSi2/c1-11(2)9-8-10-14(6,7)12-13(3,4)5/h8-10H2,1-7H3. The molecular formula is C10H27NOSi2. The van der Waals surface area contributed by atoms with E-state index in [1.165, 1.54) is 19.0 Å². The highest BCUT2D eigenvalue weighted by atomic mass is 28.4. The Morgan fingerprint density at radius 3 is 1.86 bits per heavy atom. The SMILES string of the molecule is CN(C)CCC[Si](C)(C)O[Si](C)(C)C. The minimum absolute atomic E-state index is 1.19. The van der Waals surface area contributed by atoms with Crippen molar-refractivity contribution in [3.8, 4) is 0 Å². The summed E-state index contributed by atoms with van der Waals surface area (Å²) in [6.45, 7) is 12.7. The molecule has 0 saturated carbocycles. The fraction of sp³-hybridized carbons (Fsp3) is 1.00. The minimum Gasteiger partial charge on any atom is -0.456 e. The number of hydrogen-bond acceptors (Lipinski definition) is 2. The van der Waals surface area contributed by atoms with Gasteiger partial charge in [0.15, 0.2) is 16.6 Å². The van der Waals surface area contributed by atoms with Crippen LogP contribution in [-0.4, -0.2) is 42.2 Å². The van der Waals surface area contributed by atoms with E-state index in [2.05, 4.69) is 51.7 Å². The Morgan fingerprint density at radius 2 is 1.50 bits per heavy atom. The van der Waals surface area contributed by atoms with E-state index in [9.17, 15) is 0 Å². The Labute approximate surface area is 91.9 Å². The van der Waals surface area contributed by atoms with E-state index in [-0.39, 0.29) is 0 Å². The molecular weight excluding hydrogens is 206 g/mol. The highest BCUT2D eigenvalue weighted by molar-refractivity contribution is 6.84. The average molecular weight is 234 g/mol. The van der Waals surface area contributed by atoms with Crippen molar-refractivity contribution in [2.45, 2.75) is 45.2 Å². The molecule has 0 amide bonds. The first-order chi connectivity index (χ1) is 6.12. The minimum atomic E-state index is -1.37. The summed E-state index contributed by atoms with van der Waals surface area (Å²) in [6, 6.07) is 1.29. The summed E-state index contributed by atoms with van der Waals surface area (Å²) in [7, 11) is 1.57. The first-order valence-corrected chi connectivity index (χ1v) is 12.0. The molecule has 0 atom stereocenters. The molecule has 0 unspecified atom stereocenters. The lowest BCUT2D eigenvalue weighted by Crippen LogP contribution is -2.42. The molecule has 14 heavy (non-hydrogen) atoms. The smallest absolute Gasteiger partial charge is 0.173 e. The van der Waals surface area contributed by atoms with Crippen LogP contribution in [0, 0.1) is 0 Å². The van der Waals surface area contributed by atoms with Crippen molar-refractivity contribution >= 4 is 16.6 Å². The second-order valence-corrected chi connectivity index (χ2v) is 14.9. The zero-order valence-corrected chi connectivity index (χ0v) is 13.0. The van der Waals surface area contributed by atoms with Crippen LogP contribution >= 0.6 is 0 Å². The van der Waals surface area contributed by atoms with Gasteiger partial charge in [-0.1, -0.05) is 0 Å². The summed E-state index contributed by atoms with van der Waals surface area (Å²) in [5.41, 5.74) is 0. The summed E-state index contributed by atoms with van der Waals surface area (Å²) < 4.78 is 6.27. The van der Waals surface area contributed by atoms with Crippen LogP contribution < -0.4 is 0 Å². The van der Waals surface area contributed by atoms with Crippen LogP contribution in [0.5, 0.6) is 0 Å². The molecule has 0 fully saturated rings. The third-order valence-electron chi connectivity index (χ3n) is 1.97. The fourth-order valence-electron chi connectivity index (χ4n) is 1.70. The molecule has 0 aromatic rings. The summed E-state index contributed by atoms with van der Waals surface area (Å²) in [5.74, 6) is 0. The van der Waals surface area contributed by atoms with Crippen molar-refractivity contribution < 1.29 is 4.12 Å². The normalized spacial score (nSPS) is 13.7. The number of hydrogen-bond donors (Lipinski definition) is 0. The maximum atomic E-state index is 6.27. The van der Waals surface area contributed by atoms with E-state index < -0.39 is 16.6 Å². The predicted octanol–water partition coefficient (Wildman–Crippen LogP) is 2.99. The molecule has 0 aromatic carbocycles. The summed E-state index contributed by atoms with van der Waals surface area (Å²) >= 11 is 0. The zero-order chi connectivity index (χ0) is 11.4. The molecule has 0 spiro atoms. The monoisotopic (exact) mass is 233 g/mol. The van der Waals surface area contributed by atoms with E-state index in [1.54, 1.807) is 0 Å². The van der Waals surface area contributed by atoms with Gasteiger partial charge in [0.05, 0.1) is 0 Å². The molecule has 0 saturated heterocycles. The summed E-state index contributed by atoms with van der Waals surface area (Å²) in [4.78, 5) is 2.25. The van der Waals surface area contributed by atoms with Crippen LogP contribution in [0.4, 0.5) is 0 Å². The molecule has 2 nitrogen and oxygen atoms in total. The maximum absolute atomic E-state index is 6.27. The van der Waals surface area contributed by atoms with E-state index in [4.69, 9.17) is 4.12 Å². The maximum Gasteiger partial charge on any atom is 0.173 e. The zero-order valence-electron chi connectivity index (χ0n) is 11.0. The quantitative estimate of drug-likeness (QED) is 0.654. The van der Waals surface area contributed by atoms with Crippen molar-refractivity contribution in [1.82, 2.24) is 4.90 Å². The Kier molecular flexibility index (Phi) is 5.58. The van der Waals surface area contributed by atoms with Crippen LogP contribution in [0.3, 0.4) is 0 Å². The second kappa shape index (κ2) is 5.44. The van der Waals surface area contributed by atoms with Gasteiger partial charge in [0, 0.05) is 0 Å². The molecule has 0 radical (unpaired) electrons. The van der Waals surface area contributed by atoms with Crippen molar-refractivity contribution in [1.29, 1.82) is 0 Å². The van der Waals surface area contributed by atoms with Gasteiger partial charge in [-0.3, -0.25) is 0 Å². The van der Waals surface area contributed by atoms with Crippen LogP contribution in [0.1, 0.15) is 6.42 Å². The molecule has 0 N–H and O–H groups in total. The average Bonchev–Trinajstić information content (AvgIpc) is 1.78. The van der Waals surface area contributed by atoms with Crippen LogP contribution in [0.25, 0.3) is 0 Å². The van der Waals surface area contributed by atoms with Gasteiger partial charge in [-0.15, -0.1) is 0 Å². The van der Waals surface area contributed by atoms with Gasteiger partial charge in [-0.2, -0.15) is 0 Å². The Bertz CT molecular complexity index is 164. The van der Waals surface area contributed by atoms with E-state index >= 15 is 0 Å². The van der Waals surface area contributed by atoms with Gasteiger partial charge < -0.3 is 9.02 Å². The van der Waals surface area contributed by atoms with Crippen LogP contribution in [0.2, 0.25) is 38.8 Å². The lowest BCUT2D eigenvalue weighted by Gasteiger charge is -2.31. The molecule has 0 aliphatic rings. The third kappa shape index (κ3) is 8.93. The van der Waals surface area contributed by atoms with Crippen molar-refractivity contribution in [2.75, 3.05) is 20.6 Å². The van der Waals surface area contributed by atoms with E-state index in [0.29, 0.717) is 0 Å². The lowest BCUT2D eigenvalue weighted by atomic mass is 10.5. The molecule has 0 aliphatic carbocycles. The van der Waals surface area contributed by atoms with Gasteiger partial charge >= 0.3 is 0 Å². The van der Waals surface area contributed by atoms with Crippen molar-refractivity contribution in [2.24, 2.45) is 0 Å². The second-order valence-electron chi connectivity index (χ2n) is 5.88. The molecule has 0 aliphatic heterocycles. The molecule has 0 rings (SSSR count). The predicted molar refractivity (Wildman–Crippen MR) is 69.9 cm³/mol. The van der Waals surface area contributed by atoms with Gasteiger partial charge in [-0.25, -0.2) is 0 Å². The molecule has 0 heterocycles. The van der Waals surface area contributed by atoms with Gasteiger partial charge in [0.2, 0.25) is 0 Å². The van der Waals surface area contributed by atoms with Gasteiger partial charge in [0.1, 0.15) is 0 Å². The van der Waals surface area contributed by atoms with Crippen LogP contribution in [0.15, 0.2) is 0 Å².